The molecule has 0 rings (SSSR count). The Bertz CT molecular complexity index is 3.61. The van der Waals surface area contributed by atoms with E-state index in [2.05, 4.69) is 0 Å². The van der Waals surface area contributed by atoms with E-state index < -0.39 is 0 Å². The van der Waals surface area contributed by atoms with Crippen LogP contribution in [-0.2, 0) is 81.8 Å². The average Bonchev–Trinajstić information content (AvgIpc) is 0. The Morgan fingerprint density at radius 2 is 0.600 bits per heavy atom. The zero-order chi connectivity index (χ0) is 0. The number of rotatable bonds is 0. The second-order valence-electron chi connectivity index (χ2n) is 0. The molecule has 0 saturated heterocycles. The molecule has 5 heavy (non-hydrogen) atoms. The molecular formula is HCu4S+5. The molecule has 5 heteroatoms. The maximum absolute atomic E-state index is 0. The van der Waals surface area contributed by atoms with E-state index in [0.29, 0.717) is 0 Å². The van der Waals surface area contributed by atoms with Crippen LogP contribution in [-0.4, -0.2) is 0 Å². The van der Waals surface area contributed by atoms with E-state index in [9.17, 15) is 0 Å². The van der Waals surface area contributed by atoms with Crippen molar-refractivity contribution in [2.24, 2.45) is 0 Å². The van der Waals surface area contributed by atoms with E-state index in [1.165, 1.54) is 0 Å². The maximum atomic E-state index is 0. The molecule has 46 valence electrons. The summed E-state index contributed by atoms with van der Waals surface area (Å²) in [4.78, 5) is 0. The molecule has 0 N–H and O–H groups in total. The van der Waals surface area contributed by atoms with Gasteiger partial charge in [-0.1, -0.05) is 0 Å². The van der Waals surface area contributed by atoms with Gasteiger partial charge in [-0.25, -0.2) is 0 Å². The summed E-state index contributed by atoms with van der Waals surface area (Å²) in [6, 6.07) is 0. The van der Waals surface area contributed by atoms with E-state index in [4.69, 9.17) is 0 Å². The molecule has 0 aliphatic rings. The summed E-state index contributed by atoms with van der Waals surface area (Å²) in [5.74, 6) is 0. The van der Waals surface area contributed by atoms with E-state index in [-0.39, 0.29) is 81.8 Å². The van der Waals surface area contributed by atoms with Crippen LogP contribution >= 0.6 is 0 Å². The zero-order valence-electron chi connectivity index (χ0n) is 1.65. The molecule has 0 nitrogen and oxygen atoms in total. The standard InChI is InChI=1S/4Cu.H2S/h;;;;1H2/q2*+1;2*+2;/p-1. The second-order valence-corrected chi connectivity index (χ2v) is 0. The minimum atomic E-state index is 0. The number of hydrogen-bond donors (Lipinski definition) is 0. The van der Waals surface area contributed by atoms with Gasteiger partial charge in [-0.15, -0.1) is 0 Å². The molecule has 0 aliphatic heterocycles. The van der Waals surface area contributed by atoms with E-state index in [1.807, 2.05) is 0 Å². The van der Waals surface area contributed by atoms with Crippen LogP contribution in [0.4, 0.5) is 0 Å². The third kappa shape index (κ3) is 21.4. The van der Waals surface area contributed by atoms with E-state index in [0.717, 1.165) is 0 Å². The molecule has 2 radical (unpaired) electrons. The smallest absolute Gasteiger partial charge is 0.813 e. The quantitative estimate of drug-likeness (QED) is 0.335. The van der Waals surface area contributed by atoms with Gasteiger partial charge in [-0.05, 0) is 0 Å². The SMILES string of the molecule is [Cu+2].[Cu+2].[Cu+].[Cu+].[SH-]. The molecule has 0 bridgehead atoms. The molecule has 0 heterocycles. The van der Waals surface area contributed by atoms with Gasteiger partial charge < -0.3 is 13.5 Å². The van der Waals surface area contributed by atoms with Gasteiger partial charge in [-0.2, -0.15) is 0 Å². The first-order chi connectivity index (χ1) is 0. The van der Waals surface area contributed by atoms with Crippen LogP contribution in [0, 0.1) is 0 Å². The Morgan fingerprint density at radius 3 is 0.600 bits per heavy atom. The minimum absolute atomic E-state index is 0. The van der Waals surface area contributed by atoms with Crippen LogP contribution in [0.25, 0.3) is 0 Å². The van der Waals surface area contributed by atoms with E-state index in [1.54, 1.807) is 0 Å². The molecule has 0 atom stereocenters. The molecule has 0 spiro atoms. The van der Waals surface area contributed by atoms with Crippen LogP contribution in [0.3, 0.4) is 0 Å². The number of hydrogen-bond acceptors (Lipinski definition) is 1. The molecule has 0 fully saturated rings. The summed E-state index contributed by atoms with van der Waals surface area (Å²) < 4.78 is 0. The first kappa shape index (κ1) is 52.1. The van der Waals surface area contributed by atoms with Crippen molar-refractivity contribution in [2.45, 2.75) is 0 Å². The number of thiol groups is 1. The minimum Gasteiger partial charge on any atom is -0.813 e. The first-order valence-electron chi connectivity index (χ1n) is 0. The van der Waals surface area contributed by atoms with Gasteiger partial charge in [0.25, 0.3) is 0 Å². The van der Waals surface area contributed by atoms with Gasteiger partial charge in [0.1, 0.15) is 0 Å². The van der Waals surface area contributed by atoms with Crippen LogP contribution in [0.15, 0.2) is 0 Å². The van der Waals surface area contributed by atoms with Crippen molar-refractivity contribution >= 4 is 13.5 Å². The Kier molecular flexibility index (Phi) is 335. The van der Waals surface area contributed by atoms with E-state index >= 15 is 0 Å². The fraction of sp³-hybridized carbons (Fsp3) is 0. The molecule has 0 aromatic carbocycles. The van der Waals surface area contributed by atoms with Gasteiger partial charge >= 0.3 is 68.3 Å². The molecule has 0 unspecified atom stereocenters. The Hall–Kier alpha value is 2.43. The maximum Gasteiger partial charge on any atom is 2.00 e. The van der Waals surface area contributed by atoms with Crippen LogP contribution < -0.4 is 0 Å². The van der Waals surface area contributed by atoms with Gasteiger partial charge in [-0.3, -0.25) is 0 Å². The summed E-state index contributed by atoms with van der Waals surface area (Å²) >= 11 is 0. The van der Waals surface area contributed by atoms with Crippen molar-refractivity contribution in [1.82, 2.24) is 0 Å². The van der Waals surface area contributed by atoms with Crippen LogP contribution in [0.2, 0.25) is 0 Å². The molecule has 0 amide bonds. The van der Waals surface area contributed by atoms with Gasteiger partial charge in [0, 0.05) is 0 Å². The first-order valence-corrected chi connectivity index (χ1v) is 0. The Balaban J connectivity index is 0. The summed E-state index contributed by atoms with van der Waals surface area (Å²) in [5.41, 5.74) is 0. The molecule has 0 aromatic rings. The Morgan fingerprint density at radius 1 is 0.600 bits per heavy atom. The molecule has 0 aromatic heterocycles. The van der Waals surface area contributed by atoms with Gasteiger partial charge in [0.05, 0.1) is 0 Å². The zero-order valence-corrected chi connectivity index (χ0v) is 6.31. The fourth-order valence-corrected chi connectivity index (χ4v) is 0. The van der Waals surface area contributed by atoms with Gasteiger partial charge in [0.2, 0.25) is 0 Å². The summed E-state index contributed by atoms with van der Waals surface area (Å²) in [7, 11) is 0. The van der Waals surface area contributed by atoms with Crippen molar-refractivity contribution in [1.29, 1.82) is 0 Å². The topological polar surface area (TPSA) is 0 Å². The molecular weight excluding hydrogens is 286 g/mol. The molecule has 0 saturated carbocycles. The third-order valence-corrected chi connectivity index (χ3v) is 0. The van der Waals surface area contributed by atoms with Crippen molar-refractivity contribution in [2.75, 3.05) is 0 Å². The summed E-state index contributed by atoms with van der Waals surface area (Å²) in [5, 5.41) is 0. The average molecular weight is 287 g/mol. The Labute approximate surface area is 80.9 Å². The predicted octanol–water partition coefficient (Wildman–Crippen LogP) is -0.280. The second kappa shape index (κ2) is 32.1. The monoisotopic (exact) mass is 285 g/mol. The largest absolute Gasteiger partial charge is 2.00 e. The third-order valence-electron chi connectivity index (χ3n) is 0. The van der Waals surface area contributed by atoms with Crippen LogP contribution in [0.5, 0.6) is 0 Å². The fourth-order valence-electron chi connectivity index (χ4n) is 0. The predicted molar refractivity (Wildman–Crippen MR) is 8.76 cm³/mol. The van der Waals surface area contributed by atoms with Crippen LogP contribution in [0.1, 0.15) is 0 Å². The normalized spacial score (nSPS) is 0. The summed E-state index contributed by atoms with van der Waals surface area (Å²) in [6.07, 6.45) is 0. The summed E-state index contributed by atoms with van der Waals surface area (Å²) in [6.45, 7) is 0. The van der Waals surface area contributed by atoms with Crippen molar-refractivity contribution in [3.63, 3.8) is 0 Å². The van der Waals surface area contributed by atoms with Crippen molar-refractivity contribution in [3.05, 3.63) is 0 Å². The van der Waals surface area contributed by atoms with Gasteiger partial charge in [0.15, 0.2) is 0 Å². The molecule has 0 aliphatic carbocycles. The van der Waals surface area contributed by atoms with Crippen molar-refractivity contribution < 1.29 is 68.3 Å². The van der Waals surface area contributed by atoms with Crippen molar-refractivity contribution in [3.8, 4) is 0 Å².